The summed E-state index contributed by atoms with van der Waals surface area (Å²) in [7, 11) is 1.93. The zero-order valence-corrected chi connectivity index (χ0v) is 14.6. The fourth-order valence-electron chi connectivity index (χ4n) is 4.19. The van der Waals surface area contributed by atoms with E-state index in [1.807, 2.05) is 24.1 Å². The Morgan fingerprint density at radius 1 is 1.25 bits per heavy atom. The van der Waals surface area contributed by atoms with Crippen molar-refractivity contribution in [1.29, 1.82) is 0 Å². The van der Waals surface area contributed by atoms with Crippen molar-refractivity contribution >= 4 is 5.91 Å². The van der Waals surface area contributed by atoms with E-state index in [4.69, 9.17) is 4.74 Å². The van der Waals surface area contributed by atoms with Crippen LogP contribution in [0.15, 0.2) is 12.4 Å². The molecule has 2 atom stereocenters. The van der Waals surface area contributed by atoms with Crippen LogP contribution in [0.1, 0.15) is 30.7 Å². The highest BCUT2D eigenvalue weighted by Gasteiger charge is 2.46. The highest BCUT2D eigenvalue weighted by Crippen LogP contribution is 2.48. The lowest BCUT2D eigenvalue weighted by molar-refractivity contribution is -0.134. The molecule has 3 heterocycles. The molecule has 4 rings (SSSR count). The Hall–Kier alpha value is -1.40. The predicted molar refractivity (Wildman–Crippen MR) is 90.6 cm³/mol. The molecular formula is C18H28N4O2. The lowest BCUT2D eigenvalue weighted by atomic mass is 9.95. The van der Waals surface area contributed by atoms with Crippen molar-refractivity contribution < 1.29 is 9.53 Å². The summed E-state index contributed by atoms with van der Waals surface area (Å²) in [6.07, 6.45) is 7.25. The lowest BCUT2D eigenvalue weighted by Crippen LogP contribution is -2.44. The summed E-state index contributed by atoms with van der Waals surface area (Å²) in [5.74, 6) is 1.71. The number of ether oxygens (including phenoxy) is 1. The van der Waals surface area contributed by atoms with E-state index in [0.29, 0.717) is 11.8 Å². The van der Waals surface area contributed by atoms with E-state index in [1.165, 1.54) is 12.1 Å². The van der Waals surface area contributed by atoms with Gasteiger partial charge in [0.1, 0.15) is 0 Å². The molecule has 3 fully saturated rings. The number of hydrogen-bond acceptors (Lipinski definition) is 4. The summed E-state index contributed by atoms with van der Waals surface area (Å²) in [4.78, 5) is 17.3. The summed E-state index contributed by atoms with van der Waals surface area (Å²) in [6.45, 7) is 6.91. The number of aryl methyl sites for hydroxylation is 1. The highest BCUT2D eigenvalue weighted by atomic mass is 16.5. The molecule has 2 saturated heterocycles. The Labute approximate surface area is 143 Å². The van der Waals surface area contributed by atoms with Crippen LogP contribution in [-0.4, -0.2) is 71.4 Å². The SMILES string of the molecule is Cn1cc([C@@H]2C[C@H]2C(=O)N2CCC(CN3CCOCC3)CC2)cn1. The van der Waals surface area contributed by atoms with Crippen molar-refractivity contribution in [1.82, 2.24) is 19.6 Å². The summed E-state index contributed by atoms with van der Waals surface area (Å²) >= 11 is 0. The third-order valence-corrected chi connectivity index (χ3v) is 5.81. The molecule has 0 unspecified atom stereocenters. The number of nitrogens with zero attached hydrogens (tertiary/aromatic N) is 4. The van der Waals surface area contributed by atoms with Gasteiger partial charge in [-0.15, -0.1) is 0 Å². The summed E-state index contributed by atoms with van der Waals surface area (Å²) in [5.41, 5.74) is 1.22. The fourth-order valence-corrected chi connectivity index (χ4v) is 4.19. The van der Waals surface area contributed by atoms with Gasteiger partial charge in [0.25, 0.3) is 0 Å². The van der Waals surface area contributed by atoms with Crippen LogP contribution < -0.4 is 0 Å². The molecule has 0 spiro atoms. The average Bonchev–Trinajstić information content (AvgIpc) is 3.30. The molecule has 0 N–H and O–H groups in total. The normalized spacial score (nSPS) is 29.0. The third kappa shape index (κ3) is 3.49. The van der Waals surface area contributed by atoms with Gasteiger partial charge in [-0.05, 0) is 36.7 Å². The number of carbonyl (C=O) groups excluding carboxylic acids is 1. The van der Waals surface area contributed by atoms with Crippen LogP contribution in [0.25, 0.3) is 0 Å². The quantitative estimate of drug-likeness (QED) is 0.828. The number of hydrogen-bond donors (Lipinski definition) is 0. The van der Waals surface area contributed by atoms with E-state index < -0.39 is 0 Å². The van der Waals surface area contributed by atoms with Crippen LogP contribution in [0.4, 0.5) is 0 Å². The lowest BCUT2D eigenvalue weighted by Gasteiger charge is -2.36. The second kappa shape index (κ2) is 6.84. The van der Waals surface area contributed by atoms with Gasteiger partial charge in [-0.3, -0.25) is 14.4 Å². The second-order valence-corrected chi connectivity index (χ2v) is 7.58. The first-order valence-electron chi connectivity index (χ1n) is 9.28. The molecule has 1 aliphatic carbocycles. The monoisotopic (exact) mass is 332 g/mol. The Kier molecular flexibility index (Phi) is 4.59. The van der Waals surface area contributed by atoms with Crippen molar-refractivity contribution in [3.8, 4) is 0 Å². The van der Waals surface area contributed by atoms with Crippen molar-refractivity contribution in [3.05, 3.63) is 18.0 Å². The molecule has 0 bridgehead atoms. The Morgan fingerprint density at radius 2 is 2.00 bits per heavy atom. The topological polar surface area (TPSA) is 50.6 Å². The zero-order chi connectivity index (χ0) is 16.5. The molecule has 132 valence electrons. The number of aromatic nitrogens is 2. The largest absolute Gasteiger partial charge is 0.379 e. The number of piperidine rings is 1. The predicted octanol–water partition coefficient (Wildman–Crippen LogP) is 1.09. The van der Waals surface area contributed by atoms with Gasteiger partial charge in [-0.2, -0.15) is 5.10 Å². The number of likely N-dealkylation sites (tertiary alicyclic amines) is 1. The minimum absolute atomic E-state index is 0.199. The molecule has 1 amide bonds. The minimum Gasteiger partial charge on any atom is -0.379 e. The smallest absolute Gasteiger partial charge is 0.226 e. The van der Waals surface area contributed by atoms with Crippen LogP contribution in [0, 0.1) is 11.8 Å². The molecule has 24 heavy (non-hydrogen) atoms. The second-order valence-electron chi connectivity index (χ2n) is 7.58. The summed E-state index contributed by atoms with van der Waals surface area (Å²) in [5, 5.41) is 4.23. The molecule has 1 saturated carbocycles. The van der Waals surface area contributed by atoms with Gasteiger partial charge in [-0.1, -0.05) is 0 Å². The van der Waals surface area contributed by atoms with Crippen molar-refractivity contribution in [2.75, 3.05) is 45.9 Å². The number of rotatable bonds is 4. The van der Waals surface area contributed by atoms with Gasteiger partial charge in [0.15, 0.2) is 0 Å². The Morgan fingerprint density at radius 3 is 2.67 bits per heavy atom. The molecule has 6 heteroatoms. The molecule has 1 aromatic heterocycles. The Balaban J connectivity index is 1.23. The van der Waals surface area contributed by atoms with E-state index >= 15 is 0 Å². The minimum atomic E-state index is 0.199. The molecular weight excluding hydrogens is 304 g/mol. The molecule has 3 aliphatic rings. The van der Waals surface area contributed by atoms with Gasteiger partial charge >= 0.3 is 0 Å². The first-order valence-corrected chi connectivity index (χ1v) is 9.28. The summed E-state index contributed by atoms with van der Waals surface area (Å²) in [6, 6.07) is 0. The standard InChI is InChI=1S/C18H28N4O2/c1-20-13-15(11-19-20)16-10-17(16)18(23)22-4-2-14(3-5-22)12-21-6-8-24-9-7-21/h11,13-14,16-17H,2-10,12H2,1H3/t16-,17+/m0/s1. The van der Waals surface area contributed by atoms with Gasteiger partial charge in [0.2, 0.25) is 5.91 Å². The maximum absolute atomic E-state index is 12.7. The number of carbonyl (C=O) groups is 1. The molecule has 1 aromatic rings. The van der Waals surface area contributed by atoms with Crippen molar-refractivity contribution in [3.63, 3.8) is 0 Å². The number of amides is 1. The number of morpholine rings is 1. The van der Waals surface area contributed by atoms with Gasteiger partial charge in [0.05, 0.1) is 19.4 Å². The fraction of sp³-hybridized carbons (Fsp3) is 0.778. The first-order chi connectivity index (χ1) is 11.7. The maximum Gasteiger partial charge on any atom is 0.226 e. The average molecular weight is 332 g/mol. The maximum atomic E-state index is 12.7. The van der Waals surface area contributed by atoms with Gasteiger partial charge < -0.3 is 9.64 Å². The van der Waals surface area contributed by atoms with Crippen LogP contribution in [0.2, 0.25) is 0 Å². The van der Waals surface area contributed by atoms with Gasteiger partial charge in [0, 0.05) is 51.9 Å². The van der Waals surface area contributed by atoms with Crippen LogP contribution >= 0.6 is 0 Å². The summed E-state index contributed by atoms with van der Waals surface area (Å²) < 4.78 is 7.24. The highest BCUT2D eigenvalue weighted by molar-refractivity contribution is 5.83. The van der Waals surface area contributed by atoms with E-state index in [1.54, 1.807) is 0 Å². The third-order valence-electron chi connectivity index (χ3n) is 5.81. The zero-order valence-electron chi connectivity index (χ0n) is 14.6. The molecule has 0 aromatic carbocycles. The van der Waals surface area contributed by atoms with Crippen molar-refractivity contribution in [2.24, 2.45) is 18.9 Å². The van der Waals surface area contributed by atoms with Gasteiger partial charge in [-0.25, -0.2) is 0 Å². The van der Waals surface area contributed by atoms with Crippen molar-refractivity contribution in [2.45, 2.75) is 25.2 Å². The van der Waals surface area contributed by atoms with Crippen LogP contribution in [0.3, 0.4) is 0 Å². The molecule has 6 nitrogen and oxygen atoms in total. The molecule has 0 radical (unpaired) electrons. The Bertz CT molecular complexity index is 573. The van der Waals surface area contributed by atoms with Crippen LogP contribution in [0.5, 0.6) is 0 Å². The van der Waals surface area contributed by atoms with E-state index in [-0.39, 0.29) is 5.92 Å². The van der Waals surface area contributed by atoms with E-state index in [9.17, 15) is 4.79 Å². The van der Waals surface area contributed by atoms with E-state index in [0.717, 1.165) is 64.6 Å². The van der Waals surface area contributed by atoms with E-state index in [2.05, 4.69) is 14.9 Å². The first kappa shape index (κ1) is 16.1. The van der Waals surface area contributed by atoms with Crippen LogP contribution in [-0.2, 0) is 16.6 Å². The molecule has 2 aliphatic heterocycles.